The highest BCUT2D eigenvalue weighted by Gasteiger charge is 2.45. The predicted octanol–water partition coefficient (Wildman–Crippen LogP) is 4.15. The molecule has 1 amide bonds. The molecule has 0 unspecified atom stereocenters. The van der Waals surface area contributed by atoms with Crippen LogP contribution in [0.25, 0.3) is 27.8 Å². The van der Waals surface area contributed by atoms with Gasteiger partial charge in [-0.1, -0.05) is 24.1 Å². The molecule has 9 heteroatoms. The van der Waals surface area contributed by atoms with Gasteiger partial charge in [-0.15, -0.1) is 0 Å². The van der Waals surface area contributed by atoms with E-state index < -0.39 is 0 Å². The monoisotopic (exact) mass is 552 g/mol. The van der Waals surface area contributed by atoms with Crippen LogP contribution >= 0.6 is 0 Å². The molecule has 1 spiro atoms. The van der Waals surface area contributed by atoms with Gasteiger partial charge in [0.1, 0.15) is 11.9 Å². The van der Waals surface area contributed by atoms with Gasteiger partial charge in [-0.25, -0.2) is 9.50 Å². The first kappa shape index (κ1) is 25.6. The summed E-state index contributed by atoms with van der Waals surface area (Å²) in [5.74, 6) is 6.62. The van der Waals surface area contributed by atoms with Crippen molar-refractivity contribution < 1.29 is 4.79 Å². The molecule has 206 valence electrons. The fourth-order valence-electron chi connectivity index (χ4n) is 6.04. The summed E-state index contributed by atoms with van der Waals surface area (Å²) in [6.45, 7) is 3.33. The van der Waals surface area contributed by atoms with Crippen molar-refractivity contribution >= 4 is 17.2 Å². The zero-order chi connectivity index (χ0) is 28.7. The topological polar surface area (TPSA) is 95.3 Å². The van der Waals surface area contributed by atoms with Crippen molar-refractivity contribution in [3.63, 3.8) is 0 Å². The van der Waals surface area contributed by atoms with Crippen LogP contribution in [-0.4, -0.2) is 61.4 Å². The van der Waals surface area contributed by atoms with Gasteiger partial charge in [-0.2, -0.15) is 15.5 Å². The molecule has 0 saturated carbocycles. The second-order valence-corrected chi connectivity index (χ2v) is 11.2. The van der Waals surface area contributed by atoms with Gasteiger partial charge in [0.15, 0.2) is 0 Å². The lowest BCUT2D eigenvalue weighted by Crippen LogP contribution is -2.61. The average Bonchev–Trinajstić information content (AvgIpc) is 3.65. The van der Waals surface area contributed by atoms with E-state index >= 15 is 0 Å². The normalized spacial score (nSPS) is 15.6. The predicted molar refractivity (Wildman–Crippen MR) is 159 cm³/mol. The van der Waals surface area contributed by atoms with Crippen LogP contribution in [0.15, 0.2) is 79.5 Å². The molecular formula is C33H28N8O. The Morgan fingerprint density at radius 2 is 1.74 bits per heavy atom. The molecule has 6 heterocycles. The van der Waals surface area contributed by atoms with Crippen molar-refractivity contribution in [2.75, 3.05) is 31.1 Å². The number of piperidine rings is 1. The van der Waals surface area contributed by atoms with Crippen molar-refractivity contribution in [2.45, 2.75) is 12.8 Å². The summed E-state index contributed by atoms with van der Waals surface area (Å²) in [5, 5.41) is 18.5. The number of rotatable bonds is 3. The van der Waals surface area contributed by atoms with E-state index in [1.807, 2.05) is 67.1 Å². The Labute approximate surface area is 243 Å². The Hall–Kier alpha value is -5.41. The van der Waals surface area contributed by atoms with Gasteiger partial charge >= 0.3 is 0 Å². The highest BCUT2D eigenvalue weighted by atomic mass is 16.2. The number of aryl methyl sites for hydroxylation is 1. The first-order chi connectivity index (χ1) is 20.5. The number of aromatic nitrogens is 5. The lowest BCUT2D eigenvalue weighted by molar-refractivity contribution is -0.127. The average molecular weight is 553 g/mol. The molecule has 2 aliphatic heterocycles. The Bertz CT molecular complexity index is 1890. The van der Waals surface area contributed by atoms with Crippen molar-refractivity contribution in [3.05, 3.63) is 90.6 Å². The number of fused-ring (bicyclic) bond motifs is 1. The van der Waals surface area contributed by atoms with E-state index in [0.717, 1.165) is 78.2 Å². The summed E-state index contributed by atoms with van der Waals surface area (Å²) in [7, 11) is 1.89. The SMILES string of the molecule is Cn1cc(-c2cc(-c3ccc(N4CC5(CCN(C(=O)C#Cc6ccccc6)CC5)C4)nc3)c3c(C#N)cnn3c2)cn1. The van der Waals surface area contributed by atoms with Gasteiger partial charge in [0.2, 0.25) is 0 Å². The lowest BCUT2D eigenvalue weighted by atomic mass is 9.72. The van der Waals surface area contributed by atoms with Crippen LogP contribution in [0.3, 0.4) is 0 Å². The van der Waals surface area contributed by atoms with Crippen LogP contribution in [0.4, 0.5) is 5.82 Å². The third kappa shape index (κ3) is 4.65. The number of carbonyl (C=O) groups excluding carboxylic acids is 1. The quantitative estimate of drug-likeness (QED) is 0.312. The largest absolute Gasteiger partial charge is 0.355 e. The highest BCUT2D eigenvalue weighted by molar-refractivity contribution is 5.94. The van der Waals surface area contributed by atoms with Crippen LogP contribution in [0.2, 0.25) is 0 Å². The lowest BCUT2D eigenvalue weighted by Gasteiger charge is -2.54. The molecule has 2 aliphatic rings. The number of pyridine rings is 2. The number of likely N-dealkylation sites (tertiary alicyclic amines) is 1. The Kier molecular flexibility index (Phi) is 6.21. The van der Waals surface area contributed by atoms with Gasteiger partial charge < -0.3 is 9.80 Å². The summed E-state index contributed by atoms with van der Waals surface area (Å²) in [6, 6.07) is 18.1. The second-order valence-electron chi connectivity index (χ2n) is 11.2. The maximum Gasteiger partial charge on any atom is 0.298 e. The van der Waals surface area contributed by atoms with E-state index in [9.17, 15) is 10.1 Å². The molecule has 7 rings (SSSR count). The van der Waals surface area contributed by atoms with E-state index in [1.54, 1.807) is 15.4 Å². The minimum absolute atomic E-state index is 0.0958. The summed E-state index contributed by atoms with van der Waals surface area (Å²) < 4.78 is 3.52. The van der Waals surface area contributed by atoms with Crippen LogP contribution in [0.1, 0.15) is 24.0 Å². The molecule has 42 heavy (non-hydrogen) atoms. The molecule has 2 fully saturated rings. The highest BCUT2D eigenvalue weighted by Crippen LogP contribution is 2.42. The standard InChI is InChI=1S/C33H28N8O/c1-38-20-28(19-36-38)26-15-29(32-27(16-34)18-37-41(32)21-26)25-8-9-30(35-17-25)40-22-33(23-40)11-13-39(14-12-33)31(42)10-7-24-5-3-2-4-6-24/h2-6,8-9,15,17-21H,11-14,22-23H2,1H3. The van der Waals surface area contributed by atoms with Crippen molar-refractivity contribution in [3.8, 4) is 40.2 Å². The van der Waals surface area contributed by atoms with Gasteiger partial charge in [0, 0.05) is 91.0 Å². The molecule has 2 saturated heterocycles. The van der Waals surface area contributed by atoms with Gasteiger partial charge in [0.25, 0.3) is 5.91 Å². The molecule has 0 N–H and O–H groups in total. The second kappa shape index (κ2) is 10.2. The number of amides is 1. The number of nitrogens with zero attached hydrogens (tertiary/aromatic N) is 8. The Morgan fingerprint density at radius 3 is 2.43 bits per heavy atom. The minimum Gasteiger partial charge on any atom is -0.355 e. The third-order valence-electron chi connectivity index (χ3n) is 8.40. The zero-order valence-electron chi connectivity index (χ0n) is 23.2. The fourth-order valence-corrected chi connectivity index (χ4v) is 6.04. The molecule has 5 aromatic rings. The van der Waals surface area contributed by atoms with Crippen LogP contribution < -0.4 is 4.90 Å². The maximum atomic E-state index is 12.6. The molecule has 1 aromatic carbocycles. The van der Waals surface area contributed by atoms with Crippen LogP contribution in [-0.2, 0) is 11.8 Å². The first-order valence-corrected chi connectivity index (χ1v) is 14.0. The van der Waals surface area contributed by atoms with E-state index in [-0.39, 0.29) is 11.3 Å². The van der Waals surface area contributed by atoms with Crippen LogP contribution in [0, 0.1) is 28.6 Å². The molecule has 9 nitrogen and oxygen atoms in total. The minimum atomic E-state index is -0.0958. The van der Waals surface area contributed by atoms with Gasteiger partial charge in [-0.05, 0) is 43.2 Å². The van der Waals surface area contributed by atoms with Gasteiger partial charge in [-0.3, -0.25) is 9.48 Å². The molecule has 0 radical (unpaired) electrons. The molecular weight excluding hydrogens is 524 g/mol. The Balaban J connectivity index is 1.04. The number of anilines is 1. The summed E-state index contributed by atoms with van der Waals surface area (Å²) in [6.07, 6.45) is 11.1. The maximum absolute atomic E-state index is 12.6. The number of benzene rings is 1. The molecule has 0 aliphatic carbocycles. The van der Waals surface area contributed by atoms with E-state index in [0.29, 0.717) is 5.56 Å². The van der Waals surface area contributed by atoms with Crippen LogP contribution in [0.5, 0.6) is 0 Å². The smallest absolute Gasteiger partial charge is 0.298 e. The number of hydrogen-bond acceptors (Lipinski definition) is 6. The number of hydrogen-bond donors (Lipinski definition) is 0. The van der Waals surface area contributed by atoms with Crippen molar-refractivity contribution in [2.24, 2.45) is 12.5 Å². The first-order valence-electron chi connectivity index (χ1n) is 14.0. The van der Waals surface area contributed by atoms with Crippen molar-refractivity contribution in [1.82, 2.24) is 29.3 Å². The Morgan fingerprint density at radius 1 is 0.929 bits per heavy atom. The van der Waals surface area contributed by atoms with Gasteiger partial charge in [0.05, 0.1) is 23.5 Å². The van der Waals surface area contributed by atoms with E-state index in [1.165, 1.54) is 0 Å². The zero-order valence-corrected chi connectivity index (χ0v) is 23.2. The summed E-state index contributed by atoms with van der Waals surface area (Å²) in [5.41, 5.74) is 6.11. The van der Waals surface area contributed by atoms with E-state index in [2.05, 4.69) is 51.2 Å². The summed E-state index contributed by atoms with van der Waals surface area (Å²) in [4.78, 5) is 21.6. The van der Waals surface area contributed by atoms with E-state index in [4.69, 9.17) is 4.98 Å². The summed E-state index contributed by atoms with van der Waals surface area (Å²) >= 11 is 0. The fraction of sp³-hybridized carbons (Fsp3) is 0.242. The number of nitriles is 1. The number of carbonyl (C=O) groups is 1. The molecule has 4 aromatic heterocycles. The molecule has 0 bridgehead atoms. The third-order valence-corrected chi connectivity index (χ3v) is 8.40. The molecule has 0 atom stereocenters. The van der Waals surface area contributed by atoms with Crippen molar-refractivity contribution in [1.29, 1.82) is 5.26 Å².